The Morgan fingerprint density at radius 2 is 2.31 bits per heavy atom. The predicted molar refractivity (Wildman–Crippen MR) is 102 cm³/mol. The first-order chi connectivity index (χ1) is 12.7. The van der Waals surface area contributed by atoms with Gasteiger partial charge in [-0.15, -0.1) is 0 Å². The van der Waals surface area contributed by atoms with Gasteiger partial charge in [0.2, 0.25) is 5.91 Å². The third-order valence-corrected chi connectivity index (χ3v) is 4.99. The summed E-state index contributed by atoms with van der Waals surface area (Å²) in [6, 6.07) is 1.98. The van der Waals surface area contributed by atoms with Crippen molar-refractivity contribution in [1.82, 2.24) is 25.3 Å². The van der Waals surface area contributed by atoms with Crippen LogP contribution < -0.4 is 10.2 Å². The number of aromatic nitrogens is 4. The molecule has 4 heterocycles. The number of piperidine rings is 1. The van der Waals surface area contributed by atoms with E-state index in [1.807, 2.05) is 19.2 Å². The van der Waals surface area contributed by atoms with Gasteiger partial charge in [-0.25, -0.2) is 15.0 Å². The molecule has 0 aliphatic carbocycles. The fourth-order valence-electron chi connectivity index (χ4n) is 3.74. The zero-order valence-corrected chi connectivity index (χ0v) is 15.2. The van der Waals surface area contributed by atoms with Gasteiger partial charge in [-0.05, 0) is 32.3 Å². The average molecular weight is 352 g/mol. The quantitative estimate of drug-likeness (QED) is 0.753. The van der Waals surface area contributed by atoms with Crippen molar-refractivity contribution in [3.8, 4) is 0 Å². The maximum Gasteiger partial charge on any atom is 0.224 e. The van der Waals surface area contributed by atoms with E-state index in [4.69, 9.17) is 4.98 Å². The number of anilines is 1. The van der Waals surface area contributed by atoms with E-state index in [0.29, 0.717) is 6.54 Å². The van der Waals surface area contributed by atoms with E-state index in [0.717, 1.165) is 65.9 Å². The molecule has 0 saturated carbocycles. The highest BCUT2D eigenvalue weighted by atomic mass is 16.1. The number of nitrogens with zero attached hydrogens (tertiary/aromatic N) is 4. The molecule has 1 fully saturated rings. The van der Waals surface area contributed by atoms with Crippen molar-refractivity contribution in [3.63, 3.8) is 0 Å². The van der Waals surface area contributed by atoms with Crippen LogP contribution in [0.2, 0.25) is 0 Å². The van der Waals surface area contributed by atoms with Gasteiger partial charge in [0.15, 0.2) is 5.65 Å². The molecule has 1 amide bonds. The second-order valence-corrected chi connectivity index (χ2v) is 6.95. The summed E-state index contributed by atoms with van der Waals surface area (Å²) in [4.78, 5) is 31.5. The van der Waals surface area contributed by atoms with E-state index in [1.165, 1.54) is 0 Å². The van der Waals surface area contributed by atoms with E-state index in [1.54, 1.807) is 6.20 Å². The van der Waals surface area contributed by atoms with Crippen LogP contribution >= 0.6 is 0 Å². The summed E-state index contributed by atoms with van der Waals surface area (Å²) >= 11 is 0. The SMILES string of the molecule is CCCNC(=O)C1CCCN(c2nc(C)[nH]c3cnc4nccc4c23)C1. The molecule has 3 aromatic heterocycles. The Balaban J connectivity index is 1.73. The predicted octanol–water partition coefficient (Wildman–Crippen LogP) is 2.56. The molecule has 26 heavy (non-hydrogen) atoms. The molecule has 1 saturated heterocycles. The van der Waals surface area contributed by atoms with Gasteiger partial charge >= 0.3 is 0 Å². The third kappa shape index (κ3) is 2.98. The van der Waals surface area contributed by atoms with Crippen LogP contribution in [-0.4, -0.2) is 45.5 Å². The van der Waals surface area contributed by atoms with Crippen molar-refractivity contribution in [2.75, 3.05) is 24.5 Å². The first-order valence-electron chi connectivity index (χ1n) is 9.30. The number of hydrogen-bond donors (Lipinski definition) is 2. The van der Waals surface area contributed by atoms with Crippen LogP contribution in [0, 0.1) is 12.8 Å². The van der Waals surface area contributed by atoms with Crippen LogP contribution in [-0.2, 0) is 4.79 Å². The number of nitrogens with one attached hydrogen (secondary N) is 2. The Morgan fingerprint density at radius 1 is 1.42 bits per heavy atom. The lowest BCUT2D eigenvalue weighted by Gasteiger charge is -2.33. The number of amides is 1. The lowest BCUT2D eigenvalue weighted by molar-refractivity contribution is -0.125. The largest absolute Gasteiger partial charge is 0.356 e. The molecular formula is C19H24N6O. The van der Waals surface area contributed by atoms with Crippen LogP contribution in [0.15, 0.2) is 18.5 Å². The van der Waals surface area contributed by atoms with Crippen molar-refractivity contribution < 1.29 is 4.79 Å². The third-order valence-electron chi connectivity index (χ3n) is 4.99. The number of fused-ring (bicyclic) bond motifs is 3. The fraction of sp³-hybridized carbons (Fsp3) is 0.474. The summed E-state index contributed by atoms with van der Waals surface area (Å²) in [6.45, 7) is 6.35. The molecule has 136 valence electrons. The van der Waals surface area contributed by atoms with Crippen LogP contribution in [0.4, 0.5) is 5.82 Å². The van der Waals surface area contributed by atoms with E-state index >= 15 is 0 Å². The minimum absolute atomic E-state index is 0.00626. The van der Waals surface area contributed by atoms with E-state index in [-0.39, 0.29) is 11.8 Å². The van der Waals surface area contributed by atoms with E-state index in [2.05, 4.69) is 32.1 Å². The number of carbonyl (C=O) groups excluding carboxylic acids is 1. The van der Waals surface area contributed by atoms with Gasteiger partial charge in [-0.2, -0.15) is 0 Å². The first kappa shape index (κ1) is 16.8. The molecule has 0 aromatic carbocycles. The first-order valence-corrected chi connectivity index (χ1v) is 9.30. The Morgan fingerprint density at radius 3 is 3.15 bits per heavy atom. The number of carbonyl (C=O) groups is 1. The molecule has 3 aromatic rings. The molecule has 2 N–H and O–H groups in total. The smallest absolute Gasteiger partial charge is 0.224 e. The van der Waals surface area contributed by atoms with Crippen molar-refractivity contribution >= 4 is 33.7 Å². The molecule has 7 heteroatoms. The average Bonchev–Trinajstić information content (AvgIpc) is 3.14. The number of H-pyrrole nitrogens is 1. The van der Waals surface area contributed by atoms with Crippen LogP contribution in [0.5, 0.6) is 0 Å². The molecule has 1 unspecified atom stereocenters. The zero-order chi connectivity index (χ0) is 18.1. The Kier molecular flexibility index (Phi) is 4.44. The summed E-state index contributed by atoms with van der Waals surface area (Å²) in [6.07, 6.45) is 6.46. The second kappa shape index (κ2) is 6.90. The maximum atomic E-state index is 12.5. The lowest BCUT2D eigenvalue weighted by atomic mass is 9.96. The van der Waals surface area contributed by atoms with Gasteiger partial charge in [0.1, 0.15) is 11.6 Å². The standard InChI is InChI=1S/C19H24N6O/c1-3-7-21-19(26)13-5-4-9-25(11-13)18-16-14-6-8-20-17(14)22-10-15(16)23-12(2)24-18/h6,8,10,13H,3-5,7,9,11H2,1-2H3,(H,21,26)(H,23,24). The number of rotatable bonds is 4. The Bertz CT molecular complexity index is 950. The molecule has 1 aliphatic rings. The maximum absolute atomic E-state index is 12.5. The lowest BCUT2D eigenvalue weighted by Crippen LogP contribution is -2.43. The second-order valence-electron chi connectivity index (χ2n) is 6.95. The Hall–Kier alpha value is -2.70. The van der Waals surface area contributed by atoms with E-state index in [9.17, 15) is 4.79 Å². The van der Waals surface area contributed by atoms with Crippen LogP contribution in [0.3, 0.4) is 0 Å². The van der Waals surface area contributed by atoms with Crippen LogP contribution in [0.25, 0.3) is 21.9 Å². The number of pyridine rings is 1. The molecule has 7 nitrogen and oxygen atoms in total. The van der Waals surface area contributed by atoms with Crippen molar-refractivity contribution in [1.29, 1.82) is 0 Å². The highest BCUT2D eigenvalue weighted by Gasteiger charge is 2.28. The Labute approximate surface area is 152 Å². The zero-order valence-electron chi connectivity index (χ0n) is 15.2. The summed E-state index contributed by atoms with van der Waals surface area (Å²) in [5.41, 5.74) is 1.68. The van der Waals surface area contributed by atoms with Gasteiger partial charge in [0, 0.05) is 31.2 Å². The highest BCUT2D eigenvalue weighted by molar-refractivity contribution is 6.09. The molecule has 1 aliphatic heterocycles. The fourth-order valence-corrected chi connectivity index (χ4v) is 3.74. The molecule has 0 spiro atoms. The van der Waals surface area contributed by atoms with Gasteiger partial charge in [-0.3, -0.25) is 4.79 Å². The number of hydrogen-bond acceptors (Lipinski definition) is 5. The van der Waals surface area contributed by atoms with Crippen molar-refractivity contribution in [2.24, 2.45) is 5.92 Å². The topological polar surface area (TPSA) is 86.8 Å². The molecule has 0 bridgehead atoms. The van der Waals surface area contributed by atoms with E-state index < -0.39 is 0 Å². The molecule has 1 atom stereocenters. The van der Waals surface area contributed by atoms with Gasteiger partial charge in [0.05, 0.1) is 23.0 Å². The van der Waals surface area contributed by atoms with Crippen LogP contribution in [0.1, 0.15) is 32.0 Å². The highest BCUT2D eigenvalue weighted by Crippen LogP contribution is 2.32. The monoisotopic (exact) mass is 352 g/mol. The summed E-state index contributed by atoms with van der Waals surface area (Å²) in [7, 11) is 0. The van der Waals surface area contributed by atoms with Gasteiger partial charge in [0.25, 0.3) is 0 Å². The number of aryl methyl sites for hydroxylation is 1. The molecule has 0 radical (unpaired) electrons. The van der Waals surface area contributed by atoms with Crippen molar-refractivity contribution in [2.45, 2.75) is 33.1 Å². The van der Waals surface area contributed by atoms with Crippen molar-refractivity contribution in [3.05, 3.63) is 24.3 Å². The number of aromatic amines is 1. The van der Waals surface area contributed by atoms with Gasteiger partial charge in [-0.1, -0.05) is 6.92 Å². The minimum atomic E-state index is 0.00626. The minimum Gasteiger partial charge on any atom is -0.356 e. The normalized spacial score (nSPS) is 17.8. The summed E-state index contributed by atoms with van der Waals surface area (Å²) in [5.74, 6) is 1.92. The van der Waals surface area contributed by atoms with Gasteiger partial charge < -0.3 is 15.2 Å². The molecular weight excluding hydrogens is 328 g/mol. The summed E-state index contributed by atoms with van der Waals surface area (Å²) < 4.78 is 0. The summed E-state index contributed by atoms with van der Waals surface area (Å²) in [5, 5.41) is 5.07. The molecule has 4 rings (SSSR count).